The van der Waals surface area contributed by atoms with E-state index >= 15 is 0 Å². The fraction of sp³-hybridized carbons (Fsp3) is 0.500. The third-order valence-electron chi connectivity index (χ3n) is 0.810. The van der Waals surface area contributed by atoms with Gasteiger partial charge in [0.25, 0.3) is 0 Å². The molecular weight excluding hydrogens is 132 g/mol. The molecule has 0 amide bonds. The fourth-order valence-corrected chi connectivity index (χ4v) is 0.941. The van der Waals surface area contributed by atoms with Crippen LogP contribution in [-0.4, -0.2) is 10.9 Å². The summed E-state index contributed by atoms with van der Waals surface area (Å²) >= 11 is 1.38. The van der Waals surface area contributed by atoms with Crippen LogP contribution in [0.4, 0.5) is 0 Å². The molecule has 0 atom stereocenters. The molecule has 0 aliphatic carbocycles. The molecule has 0 saturated heterocycles. The number of unbranched alkanes of at least 4 members (excludes halogenated alkanes) is 1. The molecule has 3 heteroatoms. The summed E-state index contributed by atoms with van der Waals surface area (Å²) in [4.78, 5) is 0. The number of thioether (sulfide) groups is 1. The van der Waals surface area contributed by atoms with Gasteiger partial charge in [0.2, 0.25) is 0 Å². The summed E-state index contributed by atoms with van der Waals surface area (Å²) < 4.78 is 0. The quantitative estimate of drug-likeness (QED) is 0.272. The lowest BCUT2D eigenvalue weighted by molar-refractivity contribution is 0.976. The van der Waals surface area contributed by atoms with Crippen molar-refractivity contribution in [1.82, 2.24) is 0 Å². The molecule has 0 heterocycles. The number of rotatable bonds is 4. The van der Waals surface area contributed by atoms with Crippen molar-refractivity contribution in [3.8, 4) is 0 Å². The van der Waals surface area contributed by atoms with Gasteiger partial charge in [-0.2, -0.15) is 0 Å². The Morgan fingerprint density at radius 2 is 2.44 bits per heavy atom. The number of nitrogens with two attached hydrogens (primary N) is 1. The number of hydrogen-bond acceptors (Lipinski definition) is 2. The molecule has 3 N–H and O–H groups in total. The van der Waals surface area contributed by atoms with E-state index in [4.69, 9.17) is 11.1 Å². The largest absolute Gasteiger partial charge is 0.379 e. The van der Waals surface area contributed by atoms with E-state index in [-0.39, 0.29) is 5.17 Å². The number of hydrogen-bond donors (Lipinski definition) is 2. The second kappa shape index (κ2) is 5.69. The average Bonchev–Trinajstić information content (AvgIpc) is 1.80. The zero-order valence-corrected chi connectivity index (χ0v) is 6.21. The first kappa shape index (κ1) is 8.56. The summed E-state index contributed by atoms with van der Waals surface area (Å²) in [5.74, 6) is 0.932. The van der Waals surface area contributed by atoms with E-state index in [0.717, 1.165) is 18.6 Å². The summed E-state index contributed by atoms with van der Waals surface area (Å²) in [6.07, 6.45) is 3.95. The van der Waals surface area contributed by atoms with Gasteiger partial charge in [0.05, 0.1) is 0 Å². The molecule has 0 rings (SSSR count). The normalized spacial score (nSPS) is 8.89. The van der Waals surface area contributed by atoms with E-state index < -0.39 is 0 Å². The van der Waals surface area contributed by atoms with E-state index in [2.05, 4.69) is 6.58 Å². The van der Waals surface area contributed by atoms with Crippen LogP contribution in [0.3, 0.4) is 0 Å². The molecule has 0 aromatic carbocycles. The topological polar surface area (TPSA) is 49.9 Å². The Labute approximate surface area is 60.0 Å². The third-order valence-corrected chi connectivity index (χ3v) is 1.61. The van der Waals surface area contributed by atoms with Crippen molar-refractivity contribution in [2.45, 2.75) is 12.8 Å². The van der Waals surface area contributed by atoms with E-state index in [9.17, 15) is 0 Å². The predicted molar refractivity (Wildman–Crippen MR) is 43.8 cm³/mol. The lowest BCUT2D eigenvalue weighted by Crippen LogP contribution is -2.04. The van der Waals surface area contributed by atoms with Crippen molar-refractivity contribution in [2.24, 2.45) is 5.73 Å². The molecule has 2 nitrogen and oxygen atoms in total. The van der Waals surface area contributed by atoms with Crippen LogP contribution in [0.15, 0.2) is 12.7 Å². The lowest BCUT2D eigenvalue weighted by atomic mass is 10.3. The maximum atomic E-state index is 6.84. The summed E-state index contributed by atoms with van der Waals surface area (Å²) in [5, 5.41) is 7.05. The van der Waals surface area contributed by atoms with Gasteiger partial charge in [0.1, 0.15) is 0 Å². The van der Waals surface area contributed by atoms with Crippen molar-refractivity contribution >= 4 is 16.9 Å². The smallest absolute Gasteiger partial charge is 0.151 e. The first-order valence-electron chi connectivity index (χ1n) is 2.85. The monoisotopic (exact) mass is 144 g/mol. The molecule has 0 aromatic rings. The summed E-state index contributed by atoms with van der Waals surface area (Å²) in [6, 6.07) is 0. The highest BCUT2D eigenvalue weighted by Gasteiger charge is 1.87. The van der Waals surface area contributed by atoms with Crippen LogP contribution in [0, 0.1) is 5.41 Å². The van der Waals surface area contributed by atoms with Gasteiger partial charge in [0.15, 0.2) is 5.17 Å². The highest BCUT2D eigenvalue weighted by molar-refractivity contribution is 8.13. The van der Waals surface area contributed by atoms with Crippen molar-refractivity contribution in [3.05, 3.63) is 12.7 Å². The first-order chi connectivity index (χ1) is 4.27. The van der Waals surface area contributed by atoms with Gasteiger partial charge in [-0.25, -0.2) is 0 Å². The van der Waals surface area contributed by atoms with E-state index in [1.807, 2.05) is 6.08 Å². The lowest BCUT2D eigenvalue weighted by Gasteiger charge is -1.93. The van der Waals surface area contributed by atoms with Crippen LogP contribution in [0.1, 0.15) is 12.8 Å². The van der Waals surface area contributed by atoms with Crippen molar-refractivity contribution in [3.63, 3.8) is 0 Å². The van der Waals surface area contributed by atoms with Crippen LogP contribution in [-0.2, 0) is 0 Å². The molecule has 52 valence electrons. The Morgan fingerprint density at radius 3 is 2.89 bits per heavy atom. The van der Waals surface area contributed by atoms with Crippen LogP contribution >= 0.6 is 11.8 Å². The predicted octanol–water partition coefficient (Wildman–Crippen LogP) is 1.58. The molecule has 0 aliphatic rings. The van der Waals surface area contributed by atoms with Gasteiger partial charge in [-0.1, -0.05) is 17.8 Å². The molecule has 0 fully saturated rings. The van der Waals surface area contributed by atoms with Gasteiger partial charge in [0, 0.05) is 5.75 Å². The summed E-state index contributed by atoms with van der Waals surface area (Å²) in [5.41, 5.74) is 5.10. The van der Waals surface area contributed by atoms with Gasteiger partial charge in [-0.3, -0.25) is 5.41 Å². The van der Waals surface area contributed by atoms with E-state index in [0.29, 0.717) is 0 Å². The SMILES string of the molecule is C=CCCCSC(=N)N. The molecule has 0 saturated carbocycles. The second-order valence-electron chi connectivity index (χ2n) is 1.64. The van der Waals surface area contributed by atoms with Crippen LogP contribution < -0.4 is 5.73 Å². The Bertz CT molecular complexity index is 101. The Hall–Kier alpha value is -0.440. The fourth-order valence-electron chi connectivity index (χ4n) is 0.410. The van der Waals surface area contributed by atoms with Crippen molar-refractivity contribution in [2.75, 3.05) is 5.75 Å². The van der Waals surface area contributed by atoms with E-state index in [1.165, 1.54) is 11.8 Å². The third kappa shape index (κ3) is 7.56. The van der Waals surface area contributed by atoms with Crippen molar-refractivity contribution < 1.29 is 0 Å². The van der Waals surface area contributed by atoms with Crippen LogP contribution in [0.5, 0.6) is 0 Å². The Morgan fingerprint density at radius 1 is 1.78 bits per heavy atom. The average molecular weight is 144 g/mol. The standard InChI is InChI=1S/C6H12N2S/c1-2-3-4-5-9-6(7)8/h2H,1,3-5H2,(H3,7,8). The molecule has 0 aliphatic heterocycles. The maximum Gasteiger partial charge on any atom is 0.151 e. The van der Waals surface area contributed by atoms with Gasteiger partial charge in [-0.05, 0) is 12.8 Å². The Balaban J connectivity index is 2.91. The molecule has 0 aromatic heterocycles. The minimum atomic E-state index is 0.207. The number of nitrogens with one attached hydrogen (secondary N) is 1. The summed E-state index contributed by atoms with van der Waals surface area (Å²) in [6.45, 7) is 3.58. The van der Waals surface area contributed by atoms with Gasteiger partial charge in [-0.15, -0.1) is 6.58 Å². The van der Waals surface area contributed by atoms with Crippen LogP contribution in [0.25, 0.3) is 0 Å². The number of allylic oxidation sites excluding steroid dienone is 1. The van der Waals surface area contributed by atoms with Gasteiger partial charge < -0.3 is 5.73 Å². The molecule has 0 unspecified atom stereocenters. The van der Waals surface area contributed by atoms with Gasteiger partial charge >= 0.3 is 0 Å². The van der Waals surface area contributed by atoms with Crippen LogP contribution in [0.2, 0.25) is 0 Å². The highest BCUT2D eigenvalue weighted by Crippen LogP contribution is 2.02. The molecule has 0 bridgehead atoms. The Kier molecular flexibility index (Phi) is 5.41. The zero-order chi connectivity index (χ0) is 7.11. The minimum absolute atomic E-state index is 0.207. The van der Waals surface area contributed by atoms with E-state index in [1.54, 1.807) is 0 Å². The summed E-state index contributed by atoms with van der Waals surface area (Å²) in [7, 11) is 0. The zero-order valence-electron chi connectivity index (χ0n) is 5.39. The molecular formula is C6H12N2S. The molecule has 0 radical (unpaired) electrons. The molecule has 9 heavy (non-hydrogen) atoms. The van der Waals surface area contributed by atoms with Crippen molar-refractivity contribution in [1.29, 1.82) is 5.41 Å². The second-order valence-corrected chi connectivity index (χ2v) is 2.78. The minimum Gasteiger partial charge on any atom is -0.379 e. The number of amidine groups is 1. The maximum absolute atomic E-state index is 6.84. The molecule has 0 spiro atoms. The highest BCUT2D eigenvalue weighted by atomic mass is 32.2. The first-order valence-corrected chi connectivity index (χ1v) is 3.83.